The predicted octanol–water partition coefficient (Wildman–Crippen LogP) is 1.61. The molecule has 4 heteroatoms. The average Bonchev–Trinajstić information content (AvgIpc) is 2.18. The highest BCUT2D eigenvalue weighted by Crippen LogP contribution is 2.06. The van der Waals surface area contributed by atoms with Crippen LogP contribution in [-0.2, 0) is 9.78 Å². The molecule has 14 heavy (non-hydrogen) atoms. The van der Waals surface area contributed by atoms with Crippen LogP contribution in [0, 0.1) is 0 Å². The molecule has 74 valence electrons. The number of Topliss-reactive ketones (excluding diaryl/α,β-unsaturated/α-hetero) is 1. The van der Waals surface area contributed by atoms with Gasteiger partial charge in [0.15, 0.2) is 5.78 Å². The fourth-order valence-electron chi connectivity index (χ4n) is 0.965. The fraction of sp³-hybridized carbons (Fsp3) is 0.200. The Labute approximate surface area is 81.4 Å². The van der Waals surface area contributed by atoms with Crippen molar-refractivity contribution in [3.63, 3.8) is 0 Å². The van der Waals surface area contributed by atoms with Gasteiger partial charge in [-0.2, -0.15) is 4.89 Å². The van der Waals surface area contributed by atoms with Crippen LogP contribution >= 0.6 is 0 Å². The molecule has 0 aliphatic rings. The van der Waals surface area contributed by atoms with E-state index in [1.807, 2.05) is 0 Å². The van der Waals surface area contributed by atoms with Gasteiger partial charge in [-0.25, -0.2) is 4.79 Å². The van der Waals surface area contributed by atoms with Crippen molar-refractivity contribution in [2.45, 2.75) is 6.92 Å². The van der Waals surface area contributed by atoms with Gasteiger partial charge in [-0.05, 0) is 19.1 Å². The second-order valence-electron chi connectivity index (χ2n) is 2.67. The monoisotopic (exact) mass is 194 g/mol. The van der Waals surface area contributed by atoms with Gasteiger partial charge in [0.25, 0.3) is 0 Å². The standard InChI is InChI=1S/C10H10O4/c1-7(11)8-3-5-9(6-4-8)10(12)14-13-2/h3-6H,1-2H3. The van der Waals surface area contributed by atoms with Crippen molar-refractivity contribution in [3.8, 4) is 0 Å². The Balaban J connectivity index is 2.83. The molecule has 0 spiro atoms. The maximum absolute atomic E-state index is 11.1. The first-order valence-electron chi connectivity index (χ1n) is 4.01. The Morgan fingerprint density at radius 3 is 2.00 bits per heavy atom. The highest BCUT2D eigenvalue weighted by molar-refractivity contribution is 5.95. The Bertz CT molecular complexity index is 340. The molecule has 0 N–H and O–H groups in total. The number of hydrogen-bond acceptors (Lipinski definition) is 4. The number of benzene rings is 1. The third kappa shape index (κ3) is 2.40. The first-order chi connectivity index (χ1) is 6.65. The van der Waals surface area contributed by atoms with E-state index in [1.165, 1.54) is 26.2 Å². The van der Waals surface area contributed by atoms with Gasteiger partial charge in [-0.3, -0.25) is 9.68 Å². The quantitative estimate of drug-likeness (QED) is 0.416. The summed E-state index contributed by atoms with van der Waals surface area (Å²) in [5.74, 6) is -0.626. The van der Waals surface area contributed by atoms with Crippen LogP contribution in [0.4, 0.5) is 0 Å². The number of hydrogen-bond donors (Lipinski definition) is 0. The highest BCUT2D eigenvalue weighted by atomic mass is 17.2. The largest absolute Gasteiger partial charge is 0.373 e. The van der Waals surface area contributed by atoms with Crippen LogP contribution in [0.1, 0.15) is 27.6 Å². The second-order valence-corrected chi connectivity index (χ2v) is 2.67. The molecule has 0 amide bonds. The minimum atomic E-state index is -0.581. The van der Waals surface area contributed by atoms with Crippen LogP contribution < -0.4 is 0 Å². The van der Waals surface area contributed by atoms with Gasteiger partial charge in [0.2, 0.25) is 0 Å². The van der Waals surface area contributed by atoms with E-state index in [-0.39, 0.29) is 5.78 Å². The highest BCUT2D eigenvalue weighted by Gasteiger charge is 2.07. The van der Waals surface area contributed by atoms with Gasteiger partial charge >= 0.3 is 5.97 Å². The van der Waals surface area contributed by atoms with E-state index < -0.39 is 5.97 Å². The van der Waals surface area contributed by atoms with Crippen molar-refractivity contribution in [1.82, 2.24) is 0 Å². The number of ketones is 1. The van der Waals surface area contributed by atoms with Crippen molar-refractivity contribution in [2.24, 2.45) is 0 Å². The van der Waals surface area contributed by atoms with Crippen LogP contribution in [0.3, 0.4) is 0 Å². The van der Waals surface area contributed by atoms with Crippen molar-refractivity contribution in [2.75, 3.05) is 7.11 Å². The fourth-order valence-corrected chi connectivity index (χ4v) is 0.965. The molecule has 0 bridgehead atoms. The summed E-state index contributed by atoms with van der Waals surface area (Å²) in [6.45, 7) is 1.46. The Morgan fingerprint density at radius 1 is 1.07 bits per heavy atom. The topological polar surface area (TPSA) is 52.6 Å². The van der Waals surface area contributed by atoms with Crippen LogP contribution in [0.25, 0.3) is 0 Å². The van der Waals surface area contributed by atoms with E-state index in [1.54, 1.807) is 12.1 Å². The third-order valence-corrected chi connectivity index (χ3v) is 1.69. The molecular weight excluding hydrogens is 184 g/mol. The maximum Gasteiger partial charge on any atom is 0.373 e. The lowest BCUT2D eigenvalue weighted by atomic mass is 10.1. The van der Waals surface area contributed by atoms with Gasteiger partial charge in [0.1, 0.15) is 0 Å². The van der Waals surface area contributed by atoms with E-state index >= 15 is 0 Å². The molecule has 0 fully saturated rings. The minimum Gasteiger partial charge on any atom is -0.295 e. The number of rotatable bonds is 3. The van der Waals surface area contributed by atoms with Gasteiger partial charge in [0.05, 0.1) is 12.7 Å². The number of carbonyl (C=O) groups is 2. The van der Waals surface area contributed by atoms with Crippen molar-refractivity contribution < 1.29 is 19.4 Å². The molecule has 4 nitrogen and oxygen atoms in total. The lowest BCUT2D eigenvalue weighted by Crippen LogP contribution is -2.04. The molecule has 0 unspecified atom stereocenters. The molecule has 0 saturated heterocycles. The number of carbonyl (C=O) groups excluding carboxylic acids is 2. The van der Waals surface area contributed by atoms with Crippen LogP contribution in [0.5, 0.6) is 0 Å². The van der Waals surface area contributed by atoms with Crippen LogP contribution in [-0.4, -0.2) is 18.9 Å². The van der Waals surface area contributed by atoms with Crippen LogP contribution in [0.2, 0.25) is 0 Å². The summed E-state index contributed by atoms with van der Waals surface area (Å²) in [4.78, 5) is 30.5. The minimum absolute atomic E-state index is 0.0448. The SMILES string of the molecule is COOC(=O)c1ccc(C(C)=O)cc1. The Kier molecular flexibility index (Phi) is 3.36. The van der Waals surface area contributed by atoms with Gasteiger partial charge in [-0.15, -0.1) is 0 Å². The Morgan fingerprint density at radius 2 is 1.57 bits per heavy atom. The summed E-state index contributed by atoms with van der Waals surface area (Å²) >= 11 is 0. The van der Waals surface area contributed by atoms with Gasteiger partial charge in [-0.1, -0.05) is 12.1 Å². The van der Waals surface area contributed by atoms with E-state index in [0.717, 1.165) is 0 Å². The summed E-state index contributed by atoms with van der Waals surface area (Å²) in [5, 5.41) is 0. The zero-order valence-corrected chi connectivity index (χ0v) is 7.94. The summed E-state index contributed by atoms with van der Waals surface area (Å²) < 4.78 is 0. The smallest absolute Gasteiger partial charge is 0.295 e. The molecule has 0 aromatic heterocycles. The normalized spacial score (nSPS) is 9.57. The lowest BCUT2D eigenvalue weighted by molar-refractivity contribution is -0.216. The Hall–Kier alpha value is -1.68. The molecule has 0 radical (unpaired) electrons. The second kappa shape index (κ2) is 4.53. The molecule has 1 aromatic rings. The molecule has 0 heterocycles. The summed E-state index contributed by atoms with van der Waals surface area (Å²) in [6, 6.07) is 6.15. The van der Waals surface area contributed by atoms with Crippen LogP contribution in [0.15, 0.2) is 24.3 Å². The molecular formula is C10H10O4. The predicted molar refractivity (Wildman–Crippen MR) is 48.9 cm³/mol. The lowest BCUT2D eigenvalue weighted by Gasteiger charge is -2.00. The molecule has 1 rings (SSSR count). The third-order valence-electron chi connectivity index (χ3n) is 1.69. The van der Waals surface area contributed by atoms with E-state index in [2.05, 4.69) is 9.78 Å². The van der Waals surface area contributed by atoms with E-state index in [0.29, 0.717) is 11.1 Å². The maximum atomic E-state index is 11.1. The van der Waals surface area contributed by atoms with E-state index in [9.17, 15) is 9.59 Å². The molecule has 1 aromatic carbocycles. The molecule has 0 saturated carbocycles. The van der Waals surface area contributed by atoms with Crippen molar-refractivity contribution in [3.05, 3.63) is 35.4 Å². The first-order valence-corrected chi connectivity index (χ1v) is 4.01. The van der Waals surface area contributed by atoms with Gasteiger partial charge < -0.3 is 0 Å². The molecule has 0 aliphatic heterocycles. The first kappa shape index (κ1) is 10.4. The van der Waals surface area contributed by atoms with Crippen molar-refractivity contribution in [1.29, 1.82) is 0 Å². The van der Waals surface area contributed by atoms with Gasteiger partial charge in [0, 0.05) is 5.56 Å². The summed E-state index contributed by atoms with van der Waals surface area (Å²) in [5.41, 5.74) is 0.899. The summed E-state index contributed by atoms with van der Waals surface area (Å²) in [7, 11) is 1.25. The molecule has 0 aliphatic carbocycles. The zero-order chi connectivity index (χ0) is 10.6. The summed E-state index contributed by atoms with van der Waals surface area (Å²) in [6.07, 6.45) is 0. The average molecular weight is 194 g/mol. The zero-order valence-electron chi connectivity index (χ0n) is 7.94. The van der Waals surface area contributed by atoms with Crippen molar-refractivity contribution >= 4 is 11.8 Å². The molecule has 0 atom stereocenters. The van der Waals surface area contributed by atoms with E-state index in [4.69, 9.17) is 0 Å².